The van der Waals surface area contributed by atoms with E-state index in [4.69, 9.17) is 11.6 Å². The molecule has 4 heteroatoms. The molecule has 1 aromatic rings. The summed E-state index contributed by atoms with van der Waals surface area (Å²) in [5.74, 6) is 0. The van der Waals surface area contributed by atoms with Gasteiger partial charge in [0.1, 0.15) is 0 Å². The Labute approximate surface area is 114 Å². The highest BCUT2D eigenvalue weighted by Crippen LogP contribution is 2.33. The molecule has 1 aromatic heterocycles. The quantitative estimate of drug-likeness (QED) is 0.856. The Kier molecular flexibility index (Phi) is 4.33. The van der Waals surface area contributed by atoms with E-state index in [2.05, 4.69) is 12.0 Å². The molecule has 2 rings (SSSR count). The highest BCUT2D eigenvalue weighted by atomic mass is 35.5. The summed E-state index contributed by atoms with van der Waals surface area (Å²) in [4.78, 5) is 0. The smallest absolute Gasteiger partial charge is 0.0850 e. The number of aromatic nitrogens is 2. The van der Waals surface area contributed by atoms with Gasteiger partial charge in [0.15, 0.2) is 0 Å². The molecule has 1 aliphatic rings. The number of aryl methyl sites for hydroxylation is 2. The van der Waals surface area contributed by atoms with Crippen LogP contribution >= 0.6 is 11.6 Å². The van der Waals surface area contributed by atoms with Gasteiger partial charge in [-0.2, -0.15) is 5.10 Å². The molecule has 0 unspecified atom stereocenters. The number of hydrogen-bond acceptors (Lipinski definition) is 2. The Morgan fingerprint density at radius 1 is 1.28 bits per heavy atom. The highest BCUT2D eigenvalue weighted by Gasteiger charge is 2.31. The monoisotopic (exact) mass is 270 g/mol. The largest absolute Gasteiger partial charge is 0.389 e. The van der Waals surface area contributed by atoms with E-state index < -0.39 is 5.60 Å². The molecule has 0 aliphatic heterocycles. The Bertz CT molecular complexity index is 406. The first-order valence-electron chi connectivity index (χ1n) is 6.98. The van der Waals surface area contributed by atoms with Crippen molar-refractivity contribution in [3.05, 3.63) is 16.4 Å². The van der Waals surface area contributed by atoms with E-state index in [1.165, 1.54) is 12.8 Å². The van der Waals surface area contributed by atoms with Crippen molar-refractivity contribution in [1.82, 2.24) is 9.78 Å². The molecule has 0 aromatic carbocycles. The van der Waals surface area contributed by atoms with Crippen LogP contribution in [0, 0.1) is 0 Å². The van der Waals surface area contributed by atoms with Crippen LogP contribution in [0.5, 0.6) is 0 Å². The van der Waals surface area contributed by atoms with E-state index in [0.717, 1.165) is 48.5 Å². The standard InChI is InChI=1S/C14H23ClN2O/c1-3-11-13(15)12(17(2)16-11)10-14(18)8-6-4-5-7-9-14/h18H,3-10H2,1-2H3. The molecule has 0 bridgehead atoms. The van der Waals surface area contributed by atoms with Gasteiger partial charge in [-0.1, -0.05) is 44.2 Å². The predicted octanol–water partition coefficient (Wildman–Crippen LogP) is 3.26. The van der Waals surface area contributed by atoms with Crippen molar-refractivity contribution in [3.63, 3.8) is 0 Å². The van der Waals surface area contributed by atoms with Crippen LogP contribution in [0.3, 0.4) is 0 Å². The Hall–Kier alpha value is -0.540. The maximum Gasteiger partial charge on any atom is 0.0850 e. The van der Waals surface area contributed by atoms with Gasteiger partial charge >= 0.3 is 0 Å². The third kappa shape index (κ3) is 2.89. The first kappa shape index (κ1) is 13.9. The van der Waals surface area contributed by atoms with Crippen LogP contribution < -0.4 is 0 Å². The fourth-order valence-corrected chi connectivity index (χ4v) is 3.25. The Balaban J connectivity index is 2.19. The summed E-state index contributed by atoms with van der Waals surface area (Å²) in [6.45, 7) is 2.05. The van der Waals surface area contributed by atoms with Gasteiger partial charge < -0.3 is 5.11 Å². The van der Waals surface area contributed by atoms with Crippen LogP contribution in [0.25, 0.3) is 0 Å². The summed E-state index contributed by atoms with van der Waals surface area (Å²) in [5, 5.41) is 15.9. The second-order valence-electron chi connectivity index (χ2n) is 5.50. The lowest BCUT2D eigenvalue weighted by molar-refractivity contribution is 0.0235. The maximum atomic E-state index is 10.7. The van der Waals surface area contributed by atoms with Crippen molar-refractivity contribution < 1.29 is 5.11 Å². The van der Waals surface area contributed by atoms with Gasteiger partial charge in [-0.15, -0.1) is 0 Å². The molecule has 0 radical (unpaired) electrons. The van der Waals surface area contributed by atoms with Crippen molar-refractivity contribution in [2.24, 2.45) is 7.05 Å². The van der Waals surface area contributed by atoms with Crippen LogP contribution in [0.4, 0.5) is 0 Å². The summed E-state index contributed by atoms with van der Waals surface area (Å²) in [7, 11) is 1.92. The fourth-order valence-electron chi connectivity index (χ4n) is 2.89. The third-order valence-corrected chi connectivity index (χ3v) is 4.47. The van der Waals surface area contributed by atoms with Gasteiger partial charge in [0.05, 0.1) is 22.0 Å². The van der Waals surface area contributed by atoms with Crippen LogP contribution in [-0.4, -0.2) is 20.5 Å². The van der Waals surface area contributed by atoms with E-state index in [-0.39, 0.29) is 0 Å². The van der Waals surface area contributed by atoms with E-state index in [1.807, 2.05) is 11.7 Å². The molecule has 3 nitrogen and oxygen atoms in total. The Morgan fingerprint density at radius 3 is 2.39 bits per heavy atom. The number of hydrogen-bond donors (Lipinski definition) is 1. The van der Waals surface area contributed by atoms with E-state index in [0.29, 0.717) is 6.42 Å². The van der Waals surface area contributed by atoms with Crippen LogP contribution in [0.15, 0.2) is 0 Å². The molecule has 0 saturated heterocycles. The van der Waals surface area contributed by atoms with Gasteiger partial charge in [-0.05, 0) is 19.3 Å². The number of aliphatic hydroxyl groups is 1. The molecule has 1 heterocycles. The molecule has 0 amide bonds. The van der Waals surface area contributed by atoms with E-state index in [9.17, 15) is 5.11 Å². The van der Waals surface area contributed by atoms with Crippen LogP contribution in [0.1, 0.15) is 56.8 Å². The normalized spacial score (nSPS) is 19.8. The molecule has 1 aliphatic carbocycles. The maximum absolute atomic E-state index is 10.7. The van der Waals surface area contributed by atoms with Crippen LogP contribution in [0.2, 0.25) is 5.02 Å². The summed E-state index contributed by atoms with van der Waals surface area (Å²) >= 11 is 6.36. The topological polar surface area (TPSA) is 38.0 Å². The molecule has 1 N–H and O–H groups in total. The van der Waals surface area contributed by atoms with Gasteiger partial charge in [0.25, 0.3) is 0 Å². The van der Waals surface area contributed by atoms with E-state index >= 15 is 0 Å². The lowest BCUT2D eigenvalue weighted by Gasteiger charge is -2.26. The first-order chi connectivity index (χ1) is 8.56. The molecular formula is C14H23ClN2O. The number of nitrogens with zero attached hydrogens (tertiary/aromatic N) is 2. The predicted molar refractivity (Wildman–Crippen MR) is 74.0 cm³/mol. The number of halogens is 1. The van der Waals surface area contributed by atoms with Crippen molar-refractivity contribution >= 4 is 11.6 Å². The summed E-state index contributed by atoms with van der Waals surface area (Å²) < 4.78 is 1.84. The molecule has 0 atom stereocenters. The van der Waals surface area contributed by atoms with Crippen molar-refractivity contribution in [2.75, 3.05) is 0 Å². The van der Waals surface area contributed by atoms with E-state index in [1.54, 1.807) is 0 Å². The first-order valence-corrected chi connectivity index (χ1v) is 7.36. The zero-order valence-electron chi connectivity index (χ0n) is 11.4. The lowest BCUT2D eigenvalue weighted by Crippen LogP contribution is -2.31. The zero-order chi connectivity index (χ0) is 13.2. The molecule has 0 spiro atoms. The van der Waals surface area contributed by atoms with Crippen molar-refractivity contribution in [1.29, 1.82) is 0 Å². The molecule has 18 heavy (non-hydrogen) atoms. The molecular weight excluding hydrogens is 248 g/mol. The summed E-state index contributed by atoms with van der Waals surface area (Å²) in [6, 6.07) is 0. The second kappa shape index (κ2) is 5.62. The zero-order valence-corrected chi connectivity index (χ0v) is 12.1. The molecule has 102 valence electrons. The van der Waals surface area contributed by atoms with Crippen molar-refractivity contribution in [2.45, 2.75) is 63.9 Å². The summed E-state index contributed by atoms with van der Waals surface area (Å²) in [6.07, 6.45) is 7.95. The van der Waals surface area contributed by atoms with Gasteiger partial charge in [0, 0.05) is 13.5 Å². The minimum absolute atomic E-state index is 0.584. The average molecular weight is 271 g/mol. The third-order valence-electron chi connectivity index (χ3n) is 4.03. The lowest BCUT2D eigenvalue weighted by atomic mass is 9.89. The van der Waals surface area contributed by atoms with Gasteiger partial charge in [0.2, 0.25) is 0 Å². The van der Waals surface area contributed by atoms with Crippen molar-refractivity contribution in [3.8, 4) is 0 Å². The summed E-state index contributed by atoms with van der Waals surface area (Å²) in [5.41, 5.74) is 1.34. The average Bonchev–Trinajstić information content (AvgIpc) is 2.54. The molecule has 1 saturated carbocycles. The minimum Gasteiger partial charge on any atom is -0.389 e. The Morgan fingerprint density at radius 2 is 1.89 bits per heavy atom. The fraction of sp³-hybridized carbons (Fsp3) is 0.786. The minimum atomic E-state index is -0.584. The SMILES string of the molecule is CCc1nn(C)c(CC2(O)CCCCCC2)c1Cl. The van der Waals surface area contributed by atoms with Gasteiger partial charge in [-0.25, -0.2) is 0 Å². The van der Waals surface area contributed by atoms with Gasteiger partial charge in [-0.3, -0.25) is 4.68 Å². The molecule has 1 fully saturated rings. The second-order valence-corrected chi connectivity index (χ2v) is 5.88. The number of rotatable bonds is 3. The highest BCUT2D eigenvalue weighted by molar-refractivity contribution is 6.31. The van der Waals surface area contributed by atoms with Crippen LogP contribution in [-0.2, 0) is 19.9 Å².